The molecule has 1 aromatic rings. The van der Waals surface area contributed by atoms with E-state index in [0.717, 1.165) is 0 Å². The quantitative estimate of drug-likeness (QED) is 0.573. The second kappa shape index (κ2) is 5.85. The van der Waals surface area contributed by atoms with Gasteiger partial charge in [0.15, 0.2) is 0 Å². The molecule has 0 aliphatic carbocycles. The van der Waals surface area contributed by atoms with Crippen LogP contribution in [0.3, 0.4) is 0 Å². The van der Waals surface area contributed by atoms with Crippen molar-refractivity contribution in [3.8, 4) is 0 Å². The molecule has 1 aromatic heterocycles. The Hall–Kier alpha value is -0.310. The van der Waals surface area contributed by atoms with Crippen molar-refractivity contribution in [3.05, 3.63) is 25.5 Å². The number of esters is 1. The predicted octanol–water partition coefficient (Wildman–Crippen LogP) is 3.10. The SMILES string of the molecule is COC(=O)Cc1ncc(I)c(C(F)F)c1Br. The number of aromatic nitrogens is 1. The summed E-state index contributed by atoms with van der Waals surface area (Å²) in [6.45, 7) is 0. The Labute approximate surface area is 113 Å². The van der Waals surface area contributed by atoms with E-state index in [1.807, 2.05) is 0 Å². The topological polar surface area (TPSA) is 39.2 Å². The van der Waals surface area contributed by atoms with Crippen LogP contribution < -0.4 is 0 Å². The van der Waals surface area contributed by atoms with E-state index in [2.05, 4.69) is 25.7 Å². The number of hydrogen-bond donors (Lipinski definition) is 0. The molecule has 0 saturated carbocycles. The molecule has 0 saturated heterocycles. The van der Waals surface area contributed by atoms with Gasteiger partial charge in [-0.1, -0.05) is 0 Å². The van der Waals surface area contributed by atoms with Crippen molar-refractivity contribution in [1.29, 1.82) is 0 Å². The van der Waals surface area contributed by atoms with E-state index in [1.54, 1.807) is 22.6 Å². The average molecular weight is 406 g/mol. The van der Waals surface area contributed by atoms with Gasteiger partial charge in [-0.15, -0.1) is 0 Å². The maximum absolute atomic E-state index is 12.7. The predicted molar refractivity (Wildman–Crippen MR) is 65.3 cm³/mol. The molecule has 0 amide bonds. The molecule has 0 aliphatic rings. The molecule has 1 heterocycles. The Morgan fingerprint density at radius 2 is 2.31 bits per heavy atom. The molecular formula is C9H7BrF2INO2. The number of carbonyl (C=O) groups is 1. The largest absolute Gasteiger partial charge is 0.469 e. The average Bonchev–Trinajstić information content (AvgIpc) is 2.21. The van der Waals surface area contributed by atoms with Crippen molar-refractivity contribution < 1.29 is 18.3 Å². The first-order chi connectivity index (χ1) is 7.47. The zero-order chi connectivity index (χ0) is 12.3. The van der Waals surface area contributed by atoms with Gasteiger partial charge in [-0.05, 0) is 38.5 Å². The van der Waals surface area contributed by atoms with E-state index in [-0.39, 0.29) is 22.2 Å². The van der Waals surface area contributed by atoms with Crippen molar-refractivity contribution in [3.63, 3.8) is 0 Å². The fraction of sp³-hybridized carbons (Fsp3) is 0.333. The fourth-order valence-corrected chi connectivity index (χ4v) is 2.70. The van der Waals surface area contributed by atoms with Crippen LogP contribution in [-0.4, -0.2) is 18.1 Å². The summed E-state index contributed by atoms with van der Waals surface area (Å²) in [6, 6.07) is 0. The molecule has 3 nitrogen and oxygen atoms in total. The van der Waals surface area contributed by atoms with Gasteiger partial charge in [-0.25, -0.2) is 8.78 Å². The smallest absolute Gasteiger partial charge is 0.311 e. The number of hydrogen-bond acceptors (Lipinski definition) is 3. The maximum Gasteiger partial charge on any atom is 0.311 e. The third kappa shape index (κ3) is 3.09. The Balaban J connectivity index is 3.13. The van der Waals surface area contributed by atoms with Gasteiger partial charge in [0.05, 0.1) is 19.2 Å². The third-order valence-corrected chi connectivity index (χ3v) is 3.58. The van der Waals surface area contributed by atoms with Crippen LogP contribution >= 0.6 is 38.5 Å². The van der Waals surface area contributed by atoms with Crippen LogP contribution in [0.25, 0.3) is 0 Å². The minimum absolute atomic E-state index is 0.131. The van der Waals surface area contributed by atoms with E-state index in [9.17, 15) is 13.6 Å². The minimum Gasteiger partial charge on any atom is -0.469 e. The summed E-state index contributed by atoms with van der Waals surface area (Å²) in [4.78, 5) is 14.9. The van der Waals surface area contributed by atoms with E-state index < -0.39 is 12.4 Å². The highest BCUT2D eigenvalue weighted by Crippen LogP contribution is 2.33. The van der Waals surface area contributed by atoms with E-state index in [1.165, 1.54) is 13.3 Å². The van der Waals surface area contributed by atoms with Gasteiger partial charge in [0.2, 0.25) is 0 Å². The maximum atomic E-state index is 12.7. The molecule has 1 rings (SSSR count). The summed E-state index contributed by atoms with van der Waals surface area (Å²) < 4.78 is 30.4. The van der Waals surface area contributed by atoms with E-state index >= 15 is 0 Å². The van der Waals surface area contributed by atoms with Crippen LogP contribution in [0.2, 0.25) is 0 Å². The molecule has 0 bridgehead atoms. The molecular weight excluding hydrogens is 399 g/mol. The molecule has 0 fully saturated rings. The number of pyridine rings is 1. The molecule has 0 aliphatic heterocycles. The van der Waals surface area contributed by atoms with Gasteiger partial charge < -0.3 is 4.74 Å². The van der Waals surface area contributed by atoms with Gasteiger partial charge in [0.25, 0.3) is 6.43 Å². The van der Waals surface area contributed by atoms with Gasteiger partial charge in [0.1, 0.15) is 0 Å². The van der Waals surface area contributed by atoms with Crippen molar-refractivity contribution >= 4 is 44.5 Å². The first-order valence-corrected chi connectivity index (χ1v) is 6.02. The fourth-order valence-electron chi connectivity index (χ4n) is 1.05. The van der Waals surface area contributed by atoms with Gasteiger partial charge in [-0.2, -0.15) is 0 Å². The normalized spacial score (nSPS) is 10.6. The number of rotatable bonds is 3. The molecule has 0 unspecified atom stereocenters. The van der Waals surface area contributed by atoms with Crippen LogP contribution in [0.5, 0.6) is 0 Å². The van der Waals surface area contributed by atoms with Crippen LogP contribution in [0, 0.1) is 3.57 Å². The molecule has 0 aromatic carbocycles. The zero-order valence-corrected chi connectivity index (χ0v) is 11.9. The number of carbonyl (C=O) groups excluding carboxylic acids is 1. The number of halogens is 4. The Morgan fingerprint density at radius 1 is 1.69 bits per heavy atom. The van der Waals surface area contributed by atoms with E-state index in [4.69, 9.17) is 0 Å². The molecule has 88 valence electrons. The summed E-state index contributed by atoms with van der Waals surface area (Å²) in [6.07, 6.45) is -1.43. The monoisotopic (exact) mass is 405 g/mol. The summed E-state index contributed by atoms with van der Waals surface area (Å²) >= 11 is 4.81. The lowest BCUT2D eigenvalue weighted by Gasteiger charge is -2.09. The van der Waals surface area contributed by atoms with Crippen molar-refractivity contribution in [2.45, 2.75) is 12.8 Å². The molecule has 7 heteroatoms. The molecule has 16 heavy (non-hydrogen) atoms. The highest BCUT2D eigenvalue weighted by Gasteiger charge is 2.20. The molecule has 0 radical (unpaired) electrons. The number of methoxy groups -OCH3 is 1. The first kappa shape index (κ1) is 13.8. The number of ether oxygens (including phenoxy) is 1. The summed E-state index contributed by atoms with van der Waals surface area (Å²) in [5.74, 6) is -0.519. The lowest BCUT2D eigenvalue weighted by Crippen LogP contribution is -2.08. The molecule has 0 N–H and O–H groups in total. The van der Waals surface area contributed by atoms with E-state index in [0.29, 0.717) is 3.57 Å². The zero-order valence-electron chi connectivity index (χ0n) is 8.14. The lowest BCUT2D eigenvalue weighted by atomic mass is 10.2. The summed E-state index contributed by atoms with van der Waals surface area (Å²) in [7, 11) is 1.23. The number of nitrogens with zero attached hydrogens (tertiary/aromatic N) is 1. The lowest BCUT2D eigenvalue weighted by molar-refractivity contribution is -0.139. The molecule has 0 spiro atoms. The minimum atomic E-state index is -2.61. The van der Waals surface area contributed by atoms with Crippen LogP contribution in [0.4, 0.5) is 8.78 Å². The van der Waals surface area contributed by atoms with Gasteiger partial charge in [-0.3, -0.25) is 9.78 Å². The Kier molecular flexibility index (Phi) is 5.03. The van der Waals surface area contributed by atoms with Crippen LogP contribution in [0.15, 0.2) is 10.7 Å². The first-order valence-electron chi connectivity index (χ1n) is 4.15. The Bertz CT molecular complexity index is 415. The van der Waals surface area contributed by atoms with Crippen molar-refractivity contribution in [2.75, 3.05) is 7.11 Å². The van der Waals surface area contributed by atoms with Crippen molar-refractivity contribution in [2.24, 2.45) is 0 Å². The Morgan fingerprint density at radius 3 is 2.81 bits per heavy atom. The van der Waals surface area contributed by atoms with Crippen LogP contribution in [0.1, 0.15) is 17.7 Å². The highest BCUT2D eigenvalue weighted by atomic mass is 127. The third-order valence-electron chi connectivity index (χ3n) is 1.84. The molecule has 0 atom stereocenters. The summed E-state index contributed by atoms with van der Waals surface area (Å²) in [5.41, 5.74) is 0.108. The van der Waals surface area contributed by atoms with Crippen LogP contribution in [-0.2, 0) is 16.0 Å². The van der Waals surface area contributed by atoms with Crippen molar-refractivity contribution in [1.82, 2.24) is 4.98 Å². The van der Waals surface area contributed by atoms with Gasteiger partial charge >= 0.3 is 5.97 Å². The van der Waals surface area contributed by atoms with Gasteiger partial charge in [0, 0.05) is 19.8 Å². The highest BCUT2D eigenvalue weighted by molar-refractivity contribution is 14.1. The standard InChI is InChI=1S/C9H7BrF2INO2/c1-16-6(15)2-5-8(10)7(9(11)12)4(13)3-14-5/h3,9H,2H2,1H3. The second-order valence-corrected chi connectivity index (χ2v) is 4.79. The number of alkyl halides is 2. The summed E-state index contributed by atoms with van der Waals surface area (Å²) in [5, 5.41) is 0. The second-order valence-electron chi connectivity index (χ2n) is 2.83.